The SMILES string of the molecule is CON=C1C(=O)N(CCCC2CNCCO2)c2ccc(Br)cc21. The lowest BCUT2D eigenvalue weighted by atomic mass is 10.1. The third-order valence-corrected chi connectivity index (χ3v) is 4.54. The maximum absolute atomic E-state index is 12.6. The molecule has 0 spiro atoms. The monoisotopic (exact) mass is 381 g/mol. The molecule has 1 saturated heterocycles. The standard InChI is InChI=1S/C16H20BrN3O3/c1-22-19-15-13-9-11(17)4-5-14(13)20(16(15)21)7-2-3-12-10-18-6-8-23-12/h4-5,9,12,18H,2-3,6-8,10H2,1H3. The normalized spacial score (nSPS) is 22.5. The Labute approximate surface area is 143 Å². The Morgan fingerprint density at radius 3 is 3.13 bits per heavy atom. The molecule has 1 aromatic carbocycles. The predicted molar refractivity (Wildman–Crippen MR) is 91.9 cm³/mol. The zero-order valence-electron chi connectivity index (χ0n) is 13.0. The number of hydrogen-bond acceptors (Lipinski definition) is 5. The van der Waals surface area contributed by atoms with Gasteiger partial charge in [0.05, 0.1) is 18.4 Å². The van der Waals surface area contributed by atoms with Gasteiger partial charge in [0.25, 0.3) is 5.91 Å². The number of rotatable bonds is 5. The van der Waals surface area contributed by atoms with Gasteiger partial charge in [-0.25, -0.2) is 0 Å². The summed E-state index contributed by atoms with van der Waals surface area (Å²) in [5, 5.41) is 7.23. The van der Waals surface area contributed by atoms with E-state index in [1.165, 1.54) is 7.11 Å². The van der Waals surface area contributed by atoms with Crippen molar-refractivity contribution in [1.29, 1.82) is 0 Å². The van der Waals surface area contributed by atoms with Gasteiger partial charge in [-0.2, -0.15) is 0 Å². The first kappa shape index (κ1) is 16.4. The molecule has 1 fully saturated rings. The number of anilines is 1. The summed E-state index contributed by atoms with van der Waals surface area (Å²) in [6.45, 7) is 3.21. The number of carbonyl (C=O) groups excluding carboxylic acids is 1. The highest BCUT2D eigenvalue weighted by atomic mass is 79.9. The number of benzene rings is 1. The fourth-order valence-electron chi connectivity index (χ4n) is 2.97. The Kier molecular flexibility index (Phi) is 5.30. The molecule has 2 aliphatic rings. The van der Waals surface area contributed by atoms with E-state index < -0.39 is 0 Å². The molecule has 1 N–H and O–H groups in total. The lowest BCUT2D eigenvalue weighted by molar-refractivity contribution is -0.112. The van der Waals surface area contributed by atoms with Crippen LogP contribution in [-0.2, 0) is 14.4 Å². The number of nitrogens with zero attached hydrogens (tertiary/aromatic N) is 2. The maximum Gasteiger partial charge on any atom is 0.281 e. The maximum atomic E-state index is 12.6. The fraction of sp³-hybridized carbons (Fsp3) is 0.500. The summed E-state index contributed by atoms with van der Waals surface area (Å²) in [6, 6.07) is 5.77. The number of hydrogen-bond donors (Lipinski definition) is 1. The minimum Gasteiger partial charge on any atom is -0.398 e. The van der Waals surface area contributed by atoms with Crippen molar-refractivity contribution in [2.75, 3.05) is 38.3 Å². The van der Waals surface area contributed by atoms with Crippen LogP contribution in [0.2, 0.25) is 0 Å². The fourth-order valence-corrected chi connectivity index (χ4v) is 3.33. The second kappa shape index (κ2) is 7.42. The van der Waals surface area contributed by atoms with E-state index in [0.717, 1.165) is 48.3 Å². The van der Waals surface area contributed by atoms with E-state index in [9.17, 15) is 4.79 Å². The molecule has 0 aromatic heterocycles. The highest BCUT2D eigenvalue weighted by Gasteiger charge is 2.34. The molecule has 1 amide bonds. The van der Waals surface area contributed by atoms with E-state index in [1.807, 2.05) is 18.2 Å². The number of ether oxygens (including phenoxy) is 1. The molecule has 0 aliphatic carbocycles. The molecule has 2 aliphatic heterocycles. The summed E-state index contributed by atoms with van der Waals surface area (Å²) in [4.78, 5) is 19.2. The first-order valence-corrected chi connectivity index (χ1v) is 8.55. The van der Waals surface area contributed by atoms with Crippen molar-refractivity contribution in [3.05, 3.63) is 28.2 Å². The highest BCUT2D eigenvalue weighted by molar-refractivity contribution is 9.10. The summed E-state index contributed by atoms with van der Waals surface area (Å²) in [6.07, 6.45) is 2.05. The number of halogens is 1. The minimum absolute atomic E-state index is 0.109. The third kappa shape index (κ3) is 3.57. The smallest absolute Gasteiger partial charge is 0.281 e. The van der Waals surface area contributed by atoms with Gasteiger partial charge in [0.2, 0.25) is 0 Å². The molecule has 0 radical (unpaired) electrons. The number of carbonyl (C=O) groups is 1. The molecule has 23 heavy (non-hydrogen) atoms. The van der Waals surface area contributed by atoms with Gasteiger partial charge < -0.3 is 19.8 Å². The molecule has 0 saturated carbocycles. The lowest BCUT2D eigenvalue weighted by Crippen LogP contribution is -2.39. The molecule has 0 bridgehead atoms. The van der Waals surface area contributed by atoms with Crippen molar-refractivity contribution in [2.45, 2.75) is 18.9 Å². The van der Waals surface area contributed by atoms with E-state index in [2.05, 4.69) is 26.4 Å². The van der Waals surface area contributed by atoms with Gasteiger partial charge in [-0.3, -0.25) is 4.79 Å². The van der Waals surface area contributed by atoms with Crippen LogP contribution >= 0.6 is 15.9 Å². The Morgan fingerprint density at radius 2 is 2.39 bits per heavy atom. The van der Waals surface area contributed by atoms with Gasteiger partial charge in [-0.1, -0.05) is 21.1 Å². The van der Waals surface area contributed by atoms with Gasteiger partial charge in [-0.05, 0) is 31.0 Å². The number of amides is 1. The van der Waals surface area contributed by atoms with Crippen LogP contribution in [0.3, 0.4) is 0 Å². The van der Waals surface area contributed by atoms with E-state index in [1.54, 1.807) is 4.90 Å². The predicted octanol–water partition coefficient (Wildman–Crippen LogP) is 1.91. The number of nitrogens with one attached hydrogen (secondary N) is 1. The number of morpholine rings is 1. The van der Waals surface area contributed by atoms with Crippen LogP contribution in [0.1, 0.15) is 18.4 Å². The van der Waals surface area contributed by atoms with Gasteiger partial charge in [0.15, 0.2) is 5.71 Å². The highest BCUT2D eigenvalue weighted by Crippen LogP contribution is 2.32. The molecular weight excluding hydrogens is 362 g/mol. The summed E-state index contributed by atoms with van der Waals surface area (Å²) >= 11 is 3.44. The Morgan fingerprint density at radius 1 is 1.52 bits per heavy atom. The molecule has 7 heteroatoms. The second-order valence-electron chi connectivity index (χ2n) is 5.58. The van der Waals surface area contributed by atoms with Crippen LogP contribution < -0.4 is 10.2 Å². The first-order valence-electron chi connectivity index (χ1n) is 7.76. The van der Waals surface area contributed by atoms with Crippen molar-refractivity contribution < 1.29 is 14.4 Å². The zero-order valence-corrected chi connectivity index (χ0v) is 14.6. The average molecular weight is 382 g/mol. The molecule has 124 valence electrons. The van der Waals surface area contributed by atoms with Crippen LogP contribution in [-0.4, -0.2) is 51.1 Å². The first-order chi connectivity index (χ1) is 11.2. The quantitative estimate of drug-likeness (QED) is 0.791. The van der Waals surface area contributed by atoms with Crippen molar-refractivity contribution >= 4 is 33.2 Å². The van der Waals surface area contributed by atoms with Crippen molar-refractivity contribution in [3.63, 3.8) is 0 Å². The summed E-state index contributed by atoms with van der Waals surface area (Å²) in [5.74, 6) is -0.109. The molecule has 2 heterocycles. The average Bonchev–Trinajstić information content (AvgIpc) is 2.81. The summed E-state index contributed by atoms with van der Waals surface area (Å²) in [5.41, 5.74) is 2.05. The van der Waals surface area contributed by atoms with Crippen LogP contribution in [0.4, 0.5) is 5.69 Å². The van der Waals surface area contributed by atoms with Crippen molar-refractivity contribution in [1.82, 2.24) is 5.32 Å². The number of fused-ring (bicyclic) bond motifs is 1. The largest absolute Gasteiger partial charge is 0.398 e. The third-order valence-electron chi connectivity index (χ3n) is 4.05. The van der Waals surface area contributed by atoms with E-state index in [-0.39, 0.29) is 12.0 Å². The molecule has 1 atom stereocenters. The Bertz CT molecular complexity index is 615. The van der Waals surface area contributed by atoms with Gasteiger partial charge in [-0.15, -0.1) is 0 Å². The van der Waals surface area contributed by atoms with E-state index in [4.69, 9.17) is 9.57 Å². The van der Waals surface area contributed by atoms with Gasteiger partial charge >= 0.3 is 0 Å². The minimum atomic E-state index is -0.109. The molecule has 6 nitrogen and oxygen atoms in total. The van der Waals surface area contributed by atoms with Crippen LogP contribution in [0.5, 0.6) is 0 Å². The van der Waals surface area contributed by atoms with Crippen LogP contribution in [0, 0.1) is 0 Å². The summed E-state index contributed by atoms with van der Waals surface area (Å²) < 4.78 is 6.61. The molecule has 3 rings (SSSR count). The molecular formula is C16H20BrN3O3. The topological polar surface area (TPSA) is 63.2 Å². The van der Waals surface area contributed by atoms with Crippen molar-refractivity contribution in [2.24, 2.45) is 5.16 Å². The Balaban J connectivity index is 1.70. The summed E-state index contributed by atoms with van der Waals surface area (Å²) in [7, 11) is 1.45. The van der Waals surface area contributed by atoms with E-state index in [0.29, 0.717) is 12.3 Å². The van der Waals surface area contributed by atoms with Gasteiger partial charge in [0, 0.05) is 29.7 Å². The van der Waals surface area contributed by atoms with Crippen LogP contribution in [0.25, 0.3) is 0 Å². The molecule has 1 unspecified atom stereocenters. The lowest BCUT2D eigenvalue weighted by Gasteiger charge is -2.24. The molecule has 1 aromatic rings. The second-order valence-corrected chi connectivity index (χ2v) is 6.50. The van der Waals surface area contributed by atoms with Crippen molar-refractivity contribution in [3.8, 4) is 0 Å². The zero-order chi connectivity index (χ0) is 16.2. The Hall–Kier alpha value is -1.44. The van der Waals surface area contributed by atoms with Crippen LogP contribution in [0.15, 0.2) is 27.8 Å². The van der Waals surface area contributed by atoms with E-state index >= 15 is 0 Å². The number of oxime groups is 1. The van der Waals surface area contributed by atoms with Gasteiger partial charge in [0.1, 0.15) is 7.11 Å².